The molecular weight excluding hydrogens is 383 g/mol. The number of hydrogen-bond donors (Lipinski definition) is 2. The van der Waals surface area contributed by atoms with Crippen LogP contribution in [0.4, 0.5) is 5.69 Å². The fraction of sp³-hybridized carbons (Fsp3) is 0.471. The van der Waals surface area contributed by atoms with Gasteiger partial charge in [-0.25, -0.2) is 0 Å². The average Bonchev–Trinajstić information content (AvgIpc) is 2.82. The van der Waals surface area contributed by atoms with Crippen LogP contribution < -0.4 is 39.6 Å². The Balaban J connectivity index is 0.00000261. The Bertz CT molecular complexity index is 771. The van der Waals surface area contributed by atoms with Crippen molar-refractivity contribution in [3.05, 3.63) is 24.3 Å². The molecule has 2 amide bonds. The summed E-state index contributed by atoms with van der Waals surface area (Å²) in [5.74, 6) is -3.56. The maximum Gasteiger partial charge on any atom is 1.00 e. The van der Waals surface area contributed by atoms with Gasteiger partial charge < -0.3 is 29.9 Å². The molecule has 27 heavy (non-hydrogen) atoms. The van der Waals surface area contributed by atoms with E-state index in [1.165, 1.54) is 52.9 Å². The number of nitrogens with zero attached hydrogens (tertiary/aromatic N) is 2. The van der Waals surface area contributed by atoms with Gasteiger partial charge in [0.1, 0.15) is 17.8 Å². The first kappa shape index (κ1) is 22.0. The number of fused-ring (bicyclic) bond motifs is 1. The summed E-state index contributed by atoms with van der Waals surface area (Å²) in [5, 5.41) is 30.6. The molecule has 2 saturated heterocycles. The van der Waals surface area contributed by atoms with E-state index in [1.807, 2.05) is 0 Å². The maximum absolute atomic E-state index is 12.6. The molecule has 3 rings (SSSR count). The van der Waals surface area contributed by atoms with Gasteiger partial charge in [0.2, 0.25) is 5.91 Å². The summed E-state index contributed by atoms with van der Waals surface area (Å²) < 4.78 is -0.778. The van der Waals surface area contributed by atoms with Crippen LogP contribution in [0.5, 0.6) is 5.75 Å². The topological polar surface area (TPSA) is 121 Å². The van der Waals surface area contributed by atoms with Gasteiger partial charge in [-0.15, -0.1) is 11.8 Å². The Morgan fingerprint density at radius 1 is 1.30 bits per heavy atom. The van der Waals surface area contributed by atoms with Crippen LogP contribution >= 0.6 is 11.8 Å². The van der Waals surface area contributed by atoms with Gasteiger partial charge in [0.15, 0.2) is 0 Å². The number of phenols is 1. The number of phenolic OH excluding ortho intramolecular Hbond substituents is 1. The molecule has 1 aromatic carbocycles. The molecule has 4 atom stereocenters. The predicted molar refractivity (Wildman–Crippen MR) is 92.1 cm³/mol. The monoisotopic (exact) mass is 402 g/mol. The molecule has 2 N–H and O–H groups in total. The number of carbonyl (C=O) groups excluding carboxylic acids is 3. The summed E-state index contributed by atoms with van der Waals surface area (Å²) in [6.07, 6.45) is -1.59. The van der Waals surface area contributed by atoms with E-state index in [2.05, 4.69) is 0 Å². The van der Waals surface area contributed by atoms with E-state index in [-0.39, 0.29) is 35.3 Å². The molecular formula is C17H19N2NaO6S. The molecule has 0 aromatic heterocycles. The first-order valence-corrected chi connectivity index (χ1v) is 8.89. The quantitative estimate of drug-likeness (QED) is 0.391. The van der Waals surface area contributed by atoms with Crippen LogP contribution in [0, 0.1) is 5.92 Å². The number of aromatic hydroxyl groups is 1. The van der Waals surface area contributed by atoms with Crippen molar-refractivity contribution in [1.82, 2.24) is 4.90 Å². The van der Waals surface area contributed by atoms with Crippen LogP contribution in [0.1, 0.15) is 13.8 Å². The second kappa shape index (κ2) is 7.63. The summed E-state index contributed by atoms with van der Waals surface area (Å²) in [6.45, 7) is 3.38. The van der Waals surface area contributed by atoms with Gasteiger partial charge in [0, 0.05) is 17.5 Å². The van der Waals surface area contributed by atoms with Crippen LogP contribution in [0.25, 0.3) is 0 Å². The zero-order valence-corrected chi connectivity index (χ0v) is 18.3. The SMILES string of the molecule is CN(C(=O)[C@@H](O)[C@@H]1C(=O)N2[C@@H]1SC(C)(C)[C@@H]2C(=O)[O-])c1ccc(O)cc1.[Na+]. The molecule has 140 valence electrons. The molecule has 2 aliphatic heterocycles. The molecule has 10 heteroatoms. The zero-order valence-electron chi connectivity index (χ0n) is 15.4. The zero-order chi connectivity index (χ0) is 19.4. The fourth-order valence-corrected chi connectivity index (χ4v) is 5.18. The van der Waals surface area contributed by atoms with E-state index in [0.717, 1.165) is 0 Å². The Morgan fingerprint density at radius 2 is 1.85 bits per heavy atom. The number of carbonyl (C=O) groups is 3. The molecule has 0 spiro atoms. The molecule has 0 aliphatic carbocycles. The third kappa shape index (κ3) is 3.58. The summed E-state index contributed by atoms with van der Waals surface area (Å²) in [7, 11) is 1.45. The average molecular weight is 402 g/mol. The van der Waals surface area contributed by atoms with Crippen LogP contribution in [-0.4, -0.2) is 62.2 Å². The summed E-state index contributed by atoms with van der Waals surface area (Å²) >= 11 is 1.24. The second-order valence-electron chi connectivity index (χ2n) is 6.96. The number of thioether (sulfide) groups is 1. The first-order chi connectivity index (χ1) is 12.1. The summed E-state index contributed by atoms with van der Waals surface area (Å²) in [4.78, 5) is 38.8. The molecule has 8 nitrogen and oxygen atoms in total. The Hall–Kier alpha value is -1.26. The van der Waals surface area contributed by atoms with Gasteiger partial charge in [0.05, 0.1) is 17.4 Å². The molecule has 1 aromatic rings. The van der Waals surface area contributed by atoms with E-state index in [9.17, 15) is 29.7 Å². The largest absolute Gasteiger partial charge is 1.00 e. The number of benzene rings is 1. The number of aliphatic hydroxyl groups excluding tert-OH is 1. The molecule has 0 unspecified atom stereocenters. The van der Waals surface area contributed by atoms with Gasteiger partial charge in [-0.1, -0.05) is 0 Å². The summed E-state index contributed by atoms with van der Waals surface area (Å²) in [6, 6.07) is 4.73. The third-order valence-corrected chi connectivity index (χ3v) is 6.46. The van der Waals surface area contributed by atoms with E-state index >= 15 is 0 Å². The molecule has 0 bridgehead atoms. The van der Waals surface area contributed by atoms with Gasteiger partial charge in [0.25, 0.3) is 5.91 Å². The number of likely N-dealkylation sites (N-methyl/N-ethyl adjacent to an activating group) is 1. The van der Waals surface area contributed by atoms with Gasteiger partial charge in [-0.3, -0.25) is 9.59 Å². The van der Waals surface area contributed by atoms with E-state index in [1.54, 1.807) is 13.8 Å². The Morgan fingerprint density at radius 3 is 2.37 bits per heavy atom. The van der Waals surface area contributed by atoms with Crippen molar-refractivity contribution >= 4 is 35.2 Å². The summed E-state index contributed by atoms with van der Waals surface area (Å²) in [5.41, 5.74) is 0.447. The van der Waals surface area contributed by atoms with Gasteiger partial charge in [-0.2, -0.15) is 0 Å². The van der Waals surface area contributed by atoms with Crippen LogP contribution in [0.2, 0.25) is 0 Å². The second-order valence-corrected chi connectivity index (χ2v) is 8.73. The number of β-lactam (4-membered cyclic amide) rings is 1. The number of anilines is 1. The maximum atomic E-state index is 12.6. The van der Waals surface area contributed by atoms with Crippen LogP contribution in [0.3, 0.4) is 0 Å². The molecule has 0 radical (unpaired) electrons. The third-order valence-electron chi connectivity index (χ3n) is 4.87. The minimum absolute atomic E-state index is 0. The van der Waals surface area contributed by atoms with Crippen molar-refractivity contribution in [1.29, 1.82) is 0 Å². The predicted octanol–water partition coefficient (Wildman–Crippen LogP) is -3.85. The van der Waals surface area contributed by atoms with E-state index in [0.29, 0.717) is 5.69 Å². The Kier molecular flexibility index (Phi) is 6.23. The smallest absolute Gasteiger partial charge is 0.548 e. The fourth-order valence-electron chi connectivity index (χ4n) is 3.47. The normalized spacial score (nSPS) is 26.4. The number of rotatable bonds is 4. The van der Waals surface area contributed by atoms with Crippen molar-refractivity contribution in [2.45, 2.75) is 36.1 Å². The standard InChI is InChI=1S/C17H20N2O6S.Na/c1-17(2)12(16(24)25)19-13(22)10(15(19)26-17)11(21)14(23)18(3)8-4-6-9(20)7-5-8;/h4-7,10-12,15,20-21H,1-3H3,(H,24,25);/q;+1/p-1/t10-,11+,12+,15-;/m1./s1. The minimum Gasteiger partial charge on any atom is -0.548 e. The minimum atomic E-state index is -1.59. The number of amides is 2. The number of carboxylic acids is 1. The van der Waals surface area contributed by atoms with Crippen LogP contribution in [-0.2, 0) is 14.4 Å². The number of hydrogen-bond acceptors (Lipinski definition) is 7. The molecule has 2 heterocycles. The molecule has 2 fully saturated rings. The number of aliphatic hydroxyl groups is 1. The van der Waals surface area contributed by atoms with Gasteiger partial charge >= 0.3 is 29.6 Å². The van der Waals surface area contributed by atoms with Crippen LogP contribution in [0.15, 0.2) is 24.3 Å². The molecule has 0 saturated carbocycles. The first-order valence-electron chi connectivity index (χ1n) is 8.02. The van der Waals surface area contributed by atoms with Crippen molar-refractivity contribution in [3.63, 3.8) is 0 Å². The van der Waals surface area contributed by atoms with Crippen molar-refractivity contribution in [3.8, 4) is 5.75 Å². The van der Waals surface area contributed by atoms with E-state index in [4.69, 9.17) is 0 Å². The van der Waals surface area contributed by atoms with Gasteiger partial charge in [-0.05, 0) is 38.1 Å². The number of carboxylic acid groups (broad SMARTS) is 1. The Labute approximate surface area is 182 Å². The molecule has 2 aliphatic rings. The van der Waals surface area contributed by atoms with E-state index < -0.39 is 46.0 Å². The number of aliphatic carboxylic acids is 1. The van der Waals surface area contributed by atoms with Crippen molar-refractivity contribution < 1.29 is 59.3 Å². The van der Waals surface area contributed by atoms with Crippen molar-refractivity contribution in [2.24, 2.45) is 5.92 Å². The van der Waals surface area contributed by atoms with Crippen molar-refractivity contribution in [2.75, 3.05) is 11.9 Å².